The molecule has 0 spiro atoms. The Morgan fingerprint density at radius 2 is 1.50 bits per heavy atom. The summed E-state index contributed by atoms with van der Waals surface area (Å²) in [6, 6.07) is 19.1. The monoisotopic (exact) mass is 324 g/mol. The molecule has 0 unspecified atom stereocenters. The van der Waals surface area contributed by atoms with Gasteiger partial charge in [-0.15, -0.1) is 0 Å². The number of esters is 1. The Kier molecular flexibility index (Phi) is 6.71. The van der Waals surface area contributed by atoms with E-state index >= 15 is 0 Å². The van der Waals surface area contributed by atoms with Crippen LogP contribution in [-0.2, 0) is 14.3 Å². The number of nitrogens with one attached hydrogen (secondary N) is 1. The topological polar surface area (TPSA) is 67.8 Å². The van der Waals surface area contributed by atoms with Crippen molar-refractivity contribution in [2.45, 2.75) is 19.8 Å². The fourth-order valence-electron chi connectivity index (χ4n) is 2.06. The quantitative estimate of drug-likeness (QED) is 0.484. The summed E-state index contributed by atoms with van der Waals surface area (Å²) in [6.07, 6.45) is 0.987. The molecule has 124 valence electrons. The van der Waals surface area contributed by atoms with Crippen molar-refractivity contribution < 1.29 is 14.3 Å². The largest absolute Gasteiger partial charge is 0.455 e. The second kappa shape index (κ2) is 9.25. The summed E-state index contributed by atoms with van der Waals surface area (Å²) in [5.74, 6) is -0.855. The molecule has 0 bridgehead atoms. The number of hydrogen-bond donors (Lipinski definition) is 1. The third-order valence-electron chi connectivity index (χ3n) is 3.21. The van der Waals surface area contributed by atoms with E-state index in [9.17, 15) is 9.59 Å². The molecule has 2 rings (SSSR count). The highest BCUT2D eigenvalue weighted by Gasteiger charge is 2.09. The molecule has 2 aromatic carbocycles. The molecular formula is C19H20N2O3. The van der Waals surface area contributed by atoms with Crippen LogP contribution in [-0.4, -0.2) is 24.2 Å². The molecule has 1 N–H and O–H groups in total. The average Bonchev–Trinajstić information content (AvgIpc) is 2.62. The summed E-state index contributed by atoms with van der Waals surface area (Å²) in [5, 5.41) is 4.21. The number of rotatable bonds is 7. The van der Waals surface area contributed by atoms with Gasteiger partial charge in [0.25, 0.3) is 5.91 Å². The second-order valence-electron chi connectivity index (χ2n) is 5.14. The van der Waals surface area contributed by atoms with Crippen molar-refractivity contribution in [1.82, 2.24) is 5.43 Å². The highest BCUT2D eigenvalue weighted by atomic mass is 16.5. The zero-order valence-corrected chi connectivity index (χ0v) is 13.6. The maximum Gasteiger partial charge on any atom is 0.306 e. The normalized spacial score (nSPS) is 9.88. The molecule has 0 saturated carbocycles. The van der Waals surface area contributed by atoms with E-state index in [0.717, 1.165) is 11.1 Å². The van der Waals surface area contributed by atoms with Gasteiger partial charge in [-0.1, -0.05) is 67.6 Å². The molecule has 0 aromatic heterocycles. The number of hydrogen-bond acceptors (Lipinski definition) is 4. The number of carbonyl (C=O) groups excluding carboxylic acids is 2. The first kappa shape index (κ1) is 17.4. The molecule has 5 nitrogen and oxygen atoms in total. The van der Waals surface area contributed by atoms with Crippen molar-refractivity contribution in [3.8, 4) is 0 Å². The molecule has 0 fully saturated rings. The Hall–Kier alpha value is -2.95. The lowest BCUT2D eigenvalue weighted by Gasteiger charge is -2.08. The Balaban J connectivity index is 2.09. The summed E-state index contributed by atoms with van der Waals surface area (Å²) < 4.78 is 4.87. The van der Waals surface area contributed by atoms with Crippen molar-refractivity contribution in [3.63, 3.8) is 0 Å². The molecule has 5 heteroatoms. The minimum absolute atomic E-state index is 0.301. The number of benzene rings is 2. The highest BCUT2D eigenvalue weighted by molar-refractivity contribution is 6.13. The molecule has 1 amide bonds. The van der Waals surface area contributed by atoms with Gasteiger partial charge in [-0.05, 0) is 6.42 Å². The van der Waals surface area contributed by atoms with E-state index in [1.807, 2.05) is 67.6 Å². The molecule has 24 heavy (non-hydrogen) atoms. The fraction of sp³-hybridized carbons (Fsp3) is 0.211. The van der Waals surface area contributed by atoms with Crippen LogP contribution in [0.3, 0.4) is 0 Å². The number of nitrogens with zero attached hydrogens (tertiary/aromatic N) is 1. The molecule has 0 aliphatic carbocycles. The van der Waals surface area contributed by atoms with Gasteiger partial charge in [0.15, 0.2) is 6.61 Å². The zero-order valence-electron chi connectivity index (χ0n) is 13.6. The predicted molar refractivity (Wildman–Crippen MR) is 92.5 cm³/mol. The lowest BCUT2D eigenvalue weighted by molar-refractivity contribution is -0.148. The van der Waals surface area contributed by atoms with E-state index in [4.69, 9.17) is 4.74 Å². The summed E-state index contributed by atoms with van der Waals surface area (Å²) in [7, 11) is 0. The Bertz CT molecular complexity index is 656. The minimum atomic E-state index is -0.469. The predicted octanol–water partition coefficient (Wildman–Crippen LogP) is 2.90. The van der Waals surface area contributed by atoms with Crippen molar-refractivity contribution >= 4 is 17.6 Å². The van der Waals surface area contributed by atoms with Crippen LogP contribution in [0.5, 0.6) is 0 Å². The Morgan fingerprint density at radius 1 is 0.958 bits per heavy atom. The van der Waals surface area contributed by atoms with E-state index in [2.05, 4.69) is 10.5 Å². The standard InChI is InChI=1S/C19H20N2O3/c1-2-9-18(23)24-14-17(22)20-21-19(15-10-5-3-6-11-15)16-12-7-4-8-13-16/h3-8,10-13H,2,9,14H2,1H3,(H,20,22). The van der Waals surface area contributed by atoms with Crippen molar-refractivity contribution in [1.29, 1.82) is 0 Å². The van der Waals surface area contributed by atoms with Gasteiger partial charge in [-0.3, -0.25) is 9.59 Å². The first-order valence-electron chi connectivity index (χ1n) is 7.83. The van der Waals surface area contributed by atoms with Crippen LogP contribution < -0.4 is 5.43 Å². The van der Waals surface area contributed by atoms with Gasteiger partial charge >= 0.3 is 5.97 Å². The van der Waals surface area contributed by atoms with Crippen molar-refractivity contribution in [2.75, 3.05) is 6.61 Å². The van der Waals surface area contributed by atoms with Crippen molar-refractivity contribution in [3.05, 3.63) is 71.8 Å². The first-order valence-corrected chi connectivity index (χ1v) is 7.83. The van der Waals surface area contributed by atoms with Crippen LogP contribution >= 0.6 is 0 Å². The third kappa shape index (κ3) is 5.35. The highest BCUT2D eigenvalue weighted by Crippen LogP contribution is 2.10. The molecule has 0 atom stereocenters. The number of hydrazone groups is 1. The maximum atomic E-state index is 11.8. The van der Waals surface area contributed by atoms with Gasteiger partial charge in [0.05, 0.1) is 5.71 Å². The summed E-state index contributed by atoms with van der Waals surface area (Å²) in [4.78, 5) is 23.1. The summed E-state index contributed by atoms with van der Waals surface area (Å²) >= 11 is 0. The lowest BCUT2D eigenvalue weighted by atomic mass is 10.0. The van der Waals surface area contributed by atoms with Gasteiger partial charge in [-0.25, -0.2) is 5.43 Å². The van der Waals surface area contributed by atoms with Gasteiger partial charge < -0.3 is 4.74 Å². The molecule has 0 aliphatic heterocycles. The van der Waals surface area contributed by atoms with Gasteiger partial charge in [0.2, 0.25) is 0 Å². The van der Waals surface area contributed by atoms with Crippen LogP contribution in [0.15, 0.2) is 65.8 Å². The van der Waals surface area contributed by atoms with Crippen LogP contribution in [0.25, 0.3) is 0 Å². The lowest BCUT2D eigenvalue weighted by Crippen LogP contribution is -2.26. The van der Waals surface area contributed by atoms with E-state index < -0.39 is 5.91 Å². The van der Waals surface area contributed by atoms with Gasteiger partial charge in [-0.2, -0.15) is 5.10 Å². The molecule has 0 saturated heterocycles. The maximum absolute atomic E-state index is 11.8. The van der Waals surface area contributed by atoms with Crippen LogP contribution in [0, 0.1) is 0 Å². The van der Waals surface area contributed by atoms with Gasteiger partial charge in [0, 0.05) is 17.5 Å². The van der Waals surface area contributed by atoms with Crippen LogP contribution in [0.1, 0.15) is 30.9 Å². The van der Waals surface area contributed by atoms with E-state index in [-0.39, 0.29) is 12.6 Å². The third-order valence-corrected chi connectivity index (χ3v) is 3.21. The van der Waals surface area contributed by atoms with Crippen LogP contribution in [0.2, 0.25) is 0 Å². The second-order valence-corrected chi connectivity index (χ2v) is 5.14. The van der Waals surface area contributed by atoms with Gasteiger partial charge in [0.1, 0.15) is 0 Å². The average molecular weight is 324 g/mol. The Morgan fingerprint density at radius 3 is 2.00 bits per heavy atom. The zero-order chi connectivity index (χ0) is 17.2. The molecular weight excluding hydrogens is 304 g/mol. The summed E-state index contributed by atoms with van der Waals surface area (Å²) in [5.41, 5.74) is 4.85. The summed E-state index contributed by atoms with van der Waals surface area (Å²) in [6.45, 7) is 1.54. The smallest absolute Gasteiger partial charge is 0.306 e. The van der Waals surface area contributed by atoms with E-state index in [1.165, 1.54) is 0 Å². The number of ether oxygens (including phenoxy) is 1. The fourth-order valence-corrected chi connectivity index (χ4v) is 2.06. The van der Waals surface area contributed by atoms with Crippen molar-refractivity contribution in [2.24, 2.45) is 5.10 Å². The molecule has 0 radical (unpaired) electrons. The number of amides is 1. The molecule has 0 aliphatic rings. The molecule has 2 aromatic rings. The minimum Gasteiger partial charge on any atom is -0.455 e. The van der Waals surface area contributed by atoms with E-state index in [1.54, 1.807) is 0 Å². The van der Waals surface area contributed by atoms with E-state index in [0.29, 0.717) is 18.6 Å². The molecule has 0 heterocycles. The van der Waals surface area contributed by atoms with Crippen LogP contribution in [0.4, 0.5) is 0 Å². The number of carbonyl (C=O) groups is 2. The Labute approximate surface area is 141 Å². The first-order chi connectivity index (χ1) is 11.7. The SMILES string of the molecule is CCCC(=O)OCC(=O)NN=C(c1ccccc1)c1ccccc1.